The predicted molar refractivity (Wildman–Crippen MR) is 203 cm³/mol. The number of rotatable bonds is 22. The van der Waals surface area contributed by atoms with E-state index >= 15 is 0 Å². The van der Waals surface area contributed by atoms with Crippen LogP contribution in [0, 0.1) is 17.8 Å². The third-order valence-electron chi connectivity index (χ3n) is 9.66. The van der Waals surface area contributed by atoms with Crippen molar-refractivity contribution < 1.29 is 32.6 Å². The topological polar surface area (TPSA) is 166 Å². The molecule has 0 radical (unpaired) electrons. The lowest BCUT2D eigenvalue weighted by Gasteiger charge is -2.33. The van der Waals surface area contributed by atoms with E-state index in [1.807, 2.05) is 44.2 Å². The Morgan fingerprint density at radius 3 is 2.35 bits per heavy atom. The van der Waals surface area contributed by atoms with Gasteiger partial charge in [-0.25, -0.2) is 0 Å². The molecule has 14 heteroatoms. The van der Waals surface area contributed by atoms with Crippen molar-refractivity contribution in [1.29, 1.82) is 0 Å². The van der Waals surface area contributed by atoms with E-state index in [-0.39, 0.29) is 51.0 Å². The number of hydrogen-bond donors (Lipinski definition) is 5. The fraction of sp³-hybridized carbons (Fsp3) is 0.703. The molecule has 1 heterocycles. The first-order chi connectivity index (χ1) is 24.4. The van der Waals surface area contributed by atoms with Gasteiger partial charge in [-0.3, -0.25) is 14.4 Å². The zero-order valence-corrected chi connectivity index (χ0v) is 32.3. The van der Waals surface area contributed by atoms with Crippen molar-refractivity contribution in [3.05, 3.63) is 48.6 Å². The van der Waals surface area contributed by atoms with Gasteiger partial charge in [0.25, 0.3) is 16.1 Å². The zero-order chi connectivity index (χ0) is 37.2. The van der Waals surface area contributed by atoms with Crippen LogP contribution < -0.4 is 20.7 Å². The van der Waals surface area contributed by atoms with Gasteiger partial charge in [0.1, 0.15) is 6.04 Å². The Morgan fingerprint density at radius 2 is 1.73 bits per heavy atom. The van der Waals surface area contributed by atoms with Crippen molar-refractivity contribution in [3.8, 4) is 0 Å². The van der Waals surface area contributed by atoms with Crippen molar-refractivity contribution in [2.45, 2.75) is 109 Å². The number of benzene rings is 1. The first-order valence-corrected chi connectivity index (χ1v) is 21.1. The molecule has 3 rings (SSSR count). The summed E-state index contributed by atoms with van der Waals surface area (Å²) in [4.78, 5) is 41.1. The summed E-state index contributed by atoms with van der Waals surface area (Å²) in [7, 11) is -4.05. The standard InChI is InChI=1S/C37H61N5O7S2/c1-5-7-18-38-34(44)30(27(3)4)26-33(43)31(24-28-14-10-8-11-15-28)39-36(46)37(50-23-6-2)40-35(45)32(25-29-16-12-9-13-17-29)41-51(47,48)42-19-21-49-22-20-42/h6,9,12-13,16-17,27-28,30-33,37,41,43H,2,5,7-8,10-11,14-15,18-26H2,1,3-4H3,(H,38,44)(H,39,46)(H,40,45)/t30-,31-,32-,33-,37?/m0/s1. The molecule has 5 atom stereocenters. The molecule has 0 aromatic heterocycles. The SMILES string of the molecule is C=CCSC(NC(=O)[C@H](Cc1ccccc1)NS(=O)(=O)N1CCOCC1)C(=O)N[C@@H](CC1CCCCC1)[C@@H](O)C[C@H](C(=O)NCCCC)C(C)C. The number of carbonyl (C=O) groups is 3. The number of morpholine rings is 1. The Morgan fingerprint density at radius 1 is 1.04 bits per heavy atom. The number of aliphatic hydroxyl groups excluding tert-OH is 1. The number of carbonyl (C=O) groups excluding carboxylic acids is 3. The summed E-state index contributed by atoms with van der Waals surface area (Å²) >= 11 is 1.15. The lowest BCUT2D eigenvalue weighted by atomic mass is 9.81. The average molecular weight is 752 g/mol. The maximum absolute atomic E-state index is 14.1. The molecule has 1 saturated carbocycles. The first kappa shape index (κ1) is 42.9. The van der Waals surface area contributed by atoms with Crippen molar-refractivity contribution in [3.63, 3.8) is 0 Å². The molecule has 5 N–H and O–H groups in total. The molecular weight excluding hydrogens is 691 g/mol. The minimum atomic E-state index is -4.05. The van der Waals surface area contributed by atoms with E-state index in [2.05, 4.69) is 34.2 Å². The van der Waals surface area contributed by atoms with E-state index < -0.39 is 51.5 Å². The lowest BCUT2D eigenvalue weighted by Crippen LogP contribution is -2.58. The molecule has 288 valence electrons. The number of amides is 3. The van der Waals surface area contributed by atoms with Crippen LogP contribution in [-0.4, -0.2) is 97.7 Å². The number of aliphatic hydroxyl groups is 1. The van der Waals surface area contributed by atoms with Crippen LogP contribution in [0.3, 0.4) is 0 Å². The van der Waals surface area contributed by atoms with Gasteiger partial charge in [0.15, 0.2) is 5.37 Å². The molecule has 1 aliphatic heterocycles. The third kappa shape index (κ3) is 14.8. The van der Waals surface area contributed by atoms with E-state index in [1.165, 1.54) is 4.31 Å². The maximum atomic E-state index is 14.1. The van der Waals surface area contributed by atoms with Crippen LogP contribution in [-0.2, 0) is 35.8 Å². The highest BCUT2D eigenvalue weighted by Gasteiger charge is 2.36. The van der Waals surface area contributed by atoms with E-state index in [9.17, 15) is 27.9 Å². The molecule has 2 fully saturated rings. The van der Waals surface area contributed by atoms with Gasteiger partial charge in [0.05, 0.1) is 25.4 Å². The molecule has 0 spiro atoms. The van der Waals surface area contributed by atoms with E-state index in [4.69, 9.17) is 4.74 Å². The molecule has 1 aromatic carbocycles. The normalized spacial score (nSPS) is 19.0. The number of ether oxygens (including phenoxy) is 1. The Labute approximate surface area is 309 Å². The second-order valence-electron chi connectivity index (χ2n) is 14.0. The van der Waals surface area contributed by atoms with Crippen LogP contribution in [0.25, 0.3) is 0 Å². The van der Waals surface area contributed by atoms with Gasteiger partial charge in [-0.1, -0.05) is 95.7 Å². The highest BCUT2D eigenvalue weighted by molar-refractivity contribution is 8.00. The van der Waals surface area contributed by atoms with Gasteiger partial charge in [-0.15, -0.1) is 18.3 Å². The average Bonchev–Trinajstić information content (AvgIpc) is 3.12. The molecule has 1 aliphatic carbocycles. The van der Waals surface area contributed by atoms with Crippen LogP contribution in [0.4, 0.5) is 0 Å². The number of hydrogen-bond acceptors (Lipinski definition) is 8. The third-order valence-corrected chi connectivity index (χ3v) is 12.4. The Hall–Kier alpha value is -2.49. The maximum Gasteiger partial charge on any atom is 0.280 e. The molecule has 12 nitrogen and oxygen atoms in total. The van der Waals surface area contributed by atoms with Crippen molar-refractivity contribution in [2.24, 2.45) is 17.8 Å². The summed E-state index contributed by atoms with van der Waals surface area (Å²) in [5.74, 6) is -1.07. The quantitative estimate of drug-likeness (QED) is 0.0683. The number of thioether (sulfide) groups is 1. The zero-order valence-electron chi connectivity index (χ0n) is 30.7. The van der Waals surface area contributed by atoms with Crippen LogP contribution in [0.2, 0.25) is 0 Å². The Balaban J connectivity index is 1.82. The van der Waals surface area contributed by atoms with Gasteiger partial charge in [-0.2, -0.15) is 17.4 Å². The largest absolute Gasteiger partial charge is 0.391 e. The molecule has 1 unspecified atom stereocenters. The smallest absolute Gasteiger partial charge is 0.280 e. The van der Waals surface area contributed by atoms with Crippen LogP contribution >= 0.6 is 11.8 Å². The Kier molecular flexibility index (Phi) is 19.0. The van der Waals surface area contributed by atoms with E-state index in [0.717, 1.165) is 62.3 Å². The molecule has 1 aromatic rings. The number of nitrogens with one attached hydrogen (secondary N) is 4. The fourth-order valence-corrected chi connectivity index (χ4v) is 8.71. The minimum absolute atomic E-state index is 0.0229. The minimum Gasteiger partial charge on any atom is -0.391 e. The summed E-state index contributed by atoms with van der Waals surface area (Å²) in [6, 6.07) is 7.23. The second kappa shape index (κ2) is 22.5. The van der Waals surface area contributed by atoms with Crippen LogP contribution in [0.5, 0.6) is 0 Å². The van der Waals surface area contributed by atoms with E-state index in [1.54, 1.807) is 6.08 Å². The molecule has 3 amide bonds. The van der Waals surface area contributed by atoms with E-state index in [0.29, 0.717) is 24.6 Å². The lowest BCUT2D eigenvalue weighted by molar-refractivity contribution is -0.129. The summed E-state index contributed by atoms with van der Waals surface area (Å²) < 4.78 is 35.9. The van der Waals surface area contributed by atoms with Crippen molar-refractivity contribution in [1.82, 2.24) is 25.0 Å². The number of unbranched alkanes of at least 4 members (excludes halogenated alkanes) is 1. The monoisotopic (exact) mass is 751 g/mol. The predicted octanol–water partition coefficient (Wildman–Crippen LogP) is 3.52. The van der Waals surface area contributed by atoms with Gasteiger partial charge >= 0.3 is 0 Å². The van der Waals surface area contributed by atoms with Gasteiger partial charge in [0.2, 0.25) is 11.8 Å². The first-order valence-electron chi connectivity index (χ1n) is 18.6. The summed E-state index contributed by atoms with van der Waals surface area (Å²) in [5, 5.41) is 19.4. The van der Waals surface area contributed by atoms with Gasteiger partial charge < -0.3 is 25.8 Å². The summed E-state index contributed by atoms with van der Waals surface area (Å²) in [6.45, 7) is 11.2. The highest BCUT2D eigenvalue weighted by Crippen LogP contribution is 2.30. The van der Waals surface area contributed by atoms with Crippen LogP contribution in [0.15, 0.2) is 43.0 Å². The molecule has 1 saturated heterocycles. The summed E-state index contributed by atoms with van der Waals surface area (Å²) in [5.41, 5.74) is 0.746. The highest BCUT2D eigenvalue weighted by atomic mass is 32.2. The fourth-order valence-electron chi connectivity index (χ4n) is 6.63. The van der Waals surface area contributed by atoms with Crippen molar-refractivity contribution in [2.75, 3.05) is 38.6 Å². The Bertz CT molecular complexity index is 1320. The van der Waals surface area contributed by atoms with Crippen LogP contribution in [0.1, 0.15) is 84.1 Å². The molecule has 51 heavy (non-hydrogen) atoms. The number of nitrogens with zero attached hydrogens (tertiary/aromatic N) is 1. The molecule has 2 aliphatic rings. The molecular formula is C37H61N5O7S2. The second-order valence-corrected chi connectivity index (χ2v) is 16.9. The molecule has 0 bridgehead atoms. The van der Waals surface area contributed by atoms with Gasteiger partial charge in [-0.05, 0) is 43.1 Å². The van der Waals surface area contributed by atoms with Gasteiger partial charge in [0, 0.05) is 31.3 Å². The summed E-state index contributed by atoms with van der Waals surface area (Å²) in [6.07, 6.45) is 8.61. The van der Waals surface area contributed by atoms with Crippen molar-refractivity contribution >= 4 is 39.7 Å².